The molecule has 11 heteroatoms. The molecule has 2 aliphatic heterocycles. The third-order valence-corrected chi connectivity index (χ3v) is 4.29. The quantitative estimate of drug-likeness (QED) is 0.243. The van der Waals surface area contributed by atoms with Gasteiger partial charge in [-0.2, -0.15) is 0 Å². The summed E-state index contributed by atoms with van der Waals surface area (Å²) < 4.78 is 23.1. The van der Waals surface area contributed by atoms with Crippen LogP contribution < -0.4 is 0 Å². The summed E-state index contributed by atoms with van der Waals surface area (Å²) in [7, 11) is 0. The van der Waals surface area contributed by atoms with Gasteiger partial charge in [0.05, 0.1) is 19.3 Å². The smallest absolute Gasteiger partial charge is 0.297 e. The van der Waals surface area contributed by atoms with Gasteiger partial charge >= 0.3 is 0 Å². The van der Waals surface area contributed by atoms with E-state index in [2.05, 4.69) is 14.9 Å². The molecule has 27 heavy (non-hydrogen) atoms. The minimum atomic E-state index is -1.42. The van der Waals surface area contributed by atoms with Gasteiger partial charge in [0.15, 0.2) is 5.79 Å². The van der Waals surface area contributed by atoms with Crippen LogP contribution in [0.1, 0.15) is 19.4 Å². The number of rotatable bonds is 6. The molecule has 0 aromatic heterocycles. The Kier molecular flexibility index (Phi) is 5.78. The standard InChI is InChI=1S/C16H20N4O7/c1-16(2)24-9-11-13(26-16)14(23-8-10-6-4-3-5-7-10)12(18-19-17)15(25-11)27-20(21)22/h3-7,11-15H,8-9H2,1-2H3/t11-,12-,13-,14-,15?/m1/s1. The van der Waals surface area contributed by atoms with Gasteiger partial charge in [-0.15, -0.1) is 10.1 Å². The fraction of sp³-hybridized carbons (Fsp3) is 0.625. The van der Waals surface area contributed by atoms with Crippen LogP contribution in [0.25, 0.3) is 10.4 Å². The molecule has 3 rings (SSSR count). The van der Waals surface area contributed by atoms with Gasteiger partial charge in [0.25, 0.3) is 5.09 Å². The molecule has 0 spiro atoms. The van der Waals surface area contributed by atoms with Crippen LogP contribution in [0.4, 0.5) is 0 Å². The van der Waals surface area contributed by atoms with E-state index >= 15 is 0 Å². The van der Waals surface area contributed by atoms with E-state index in [1.807, 2.05) is 30.3 Å². The largest absolute Gasteiger partial charge is 0.370 e. The number of fused-ring (bicyclic) bond motifs is 1. The van der Waals surface area contributed by atoms with Gasteiger partial charge in [-0.3, -0.25) is 4.84 Å². The van der Waals surface area contributed by atoms with Crippen LogP contribution >= 0.6 is 0 Å². The van der Waals surface area contributed by atoms with Crippen LogP contribution in [0.3, 0.4) is 0 Å². The molecule has 0 aliphatic carbocycles. The molecule has 11 nitrogen and oxygen atoms in total. The molecule has 0 bridgehead atoms. The predicted molar refractivity (Wildman–Crippen MR) is 89.6 cm³/mol. The zero-order valence-electron chi connectivity index (χ0n) is 14.8. The van der Waals surface area contributed by atoms with Crippen molar-refractivity contribution in [2.45, 2.75) is 56.9 Å². The first-order valence-corrected chi connectivity index (χ1v) is 8.38. The molecular weight excluding hydrogens is 360 g/mol. The topological polar surface area (TPSA) is 138 Å². The van der Waals surface area contributed by atoms with E-state index in [1.54, 1.807) is 13.8 Å². The van der Waals surface area contributed by atoms with Crippen LogP contribution in [0, 0.1) is 10.1 Å². The summed E-state index contributed by atoms with van der Waals surface area (Å²) in [6, 6.07) is 8.24. The maximum Gasteiger partial charge on any atom is 0.297 e. The Bertz CT molecular complexity index is 710. The van der Waals surface area contributed by atoms with E-state index < -0.39 is 41.5 Å². The van der Waals surface area contributed by atoms with Gasteiger partial charge in [0.2, 0.25) is 6.29 Å². The van der Waals surface area contributed by atoms with Gasteiger partial charge in [0, 0.05) is 4.91 Å². The Morgan fingerprint density at radius 1 is 1.41 bits per heavy atom. The van der Waals surface area contributed by atoms with Crippen LogP contribution in [0.5, 0.6) is 0 Å². The van der Waals surface area contributed by atoms with Gasteiger partial charge in [-0.25, -0.2) is 0 Å². The molecule has 2 saturated heterocycles. The minimum Gasteiger partial charge on any atom is -0.370 e. The third kappa shape index (κ3) is 4.65. The minimum absolute atomic E-state index is 0.128. The second kappa shape index (κ2) is 8.07. The van der Waals surface area contributed by atoms with Crippen LogP contribution in [0.2, 0.25) is 0 Å². The first-order valence-electron chi connectivity index (χ1n) is 8.38. The van der Waals surface area contributed by atoms with Crippen molar-refractivity contribution in [1.29, 1.82) is 0 Å². The lowest BCUT2D eigenvalue weighted by atomic mass is 9.95. The van der Waals surface area contributed by atoms with Crippen molar-refractivity contribution in [3.63, 3.8) is 0 Å². The fourth-order valence-electron chi connectivity index (χ4n) is 3.12. The van der Waals surface area contributed by atoms with E-state index in [1.165, 1.54) is 0 Å². The van der Waals surface area contributed by atoms with Crippen molar-refractivity contribution in [2.24, 2.45) is 5.11 Å². The number of azide groups is 1. The molecule has 5 atom stereocenters. The molecule has 0 radical (unpaired) electrons. The van der Waals surface area contributed by atoms with E-state index in [0.29, 0.717) is 0 Å². The van der Waals surface area contributed by atoms with Crippen LogP contribution in [-0.2, 0) is 30.4 Å². The highest BCUT2D eigenvalue weighted by Gasteiger charge is 2.53. The van der Waals surface area contributed by atoms with Crippen LogP contribution in [0.15, 0.2) is 35.4 Å². The highest BCUT2D eigenvalue weighted by molar-refractivity contribution is 5.13. The average Bonchev–Trinajstić information content (AvgIpc) is 2.62. The Hall–Kier alpha value is -2.43. The Balaban J connectivity index is 1.86. The predicted octanol–water partition coefficient (Wildman–Crippen LogP) is 2.34. The molecule has 2 heterocycles. The van der Waals surface area contributed by atoms with Crippen molar-refractivity contribution < 1.29 is 28.9 Å². The lowest BCUT2D eigenvalue weighted by Gasteiger charge is -2.49. The Morgan fingerprint density at radius 3 is 2.81 bits per heavy atom. The monoisotopic (exact) mass is 380 g/mol. The van der Waals surface area contributed by atoms with Gasteiger partial charge in [-0.05, 0) is 24.9 Å². The SMILES string of the molecule is CC1(C)OC[C@H]2OC(O[N+](=O)[O-])[C@H](N=[N+]=[N-])[C@@H](OCc3ccccc3)[C@@H]2O1. The number of nitrogens with zero attached hydrogens (tertiary/aromatic N) is 4. The van der Waals surface area contributed by atoms with Crippen molar-refractivity contribution in [3.8, 4) is 0 Å². The van der Waals surface area contributed by atoms with Gasteiger partial charge in [0.1, 0.15) is 18.2 Å². The molecule has 1 unspecified atom stereocenters. The van der Waals surface area contributed by atoms with Gasteiger partial charge < -0.3 is 18.9 Å². The highest BCUT2D eigenvalue weighted by atomic mass is 17.0. The summed E-state index contributed by atoms with van der Waals surface area (Å²) in [6.07, 6.45) is -3.58. The molecule has 2 fully saturated rings. The van der Waals surface area contributed by atoms with Crippen LogP contribution in [-0.4, -0.2) is 48.1 Å². The van der Waals surface area contributed by atoms with Gasteiger partial charge in [-0.1, -0.05) is 35.4 Å². The zero-order valence-corrected chi connectivity index (χ0v) is 14.8. The molecular formula is C16H20N4O7. The number of hydrogen-bond acceptors (Lipinski definition) is 8. The first kappa shape index (κ1) is 19.3. The molecule has 2 aliphatic rings. The number of hydrogen-bond donors (Lipinski definition) is 0. The van der Waals surface area contributed by atoms with E-state index in [4.69, 9.17) is 24.5 Å². The lowest BCUT2D eigenvalue weighted by Crippen LogP contribution is -2.65. The lowest BCUT2D eigenvalue weighted by molar-refractivity contribution is -0.784. The van der Waals surface area contributed by atoms with Crippen molar-refractivity contribution >= 4 is 0 Å². The summed E-state index contributed by atoms with van der Waals surface area (Å²) in [5.41, 5.74) is 9.82. The average molecular weight is 380 g/mol. The molecule has 0 amide bonds. The summed E-state index contributed by atoms with van der Waals surface area (Å²) in [4.78, 5) is 18.2. The fourth-order valence-corrected chi connectivity index (χ4v) is 3.12. The summed E-state index contributed by atoms with van der Waals surface area (Å²) in [5, 5.41) is 13.5. The molecule has 146 valence electrons. The molecule has 1 aromatic carbocycles. The normalized spacial score (nSPS) is 32.0. The Labute approximate surface area is 154 Å². The Morgan fingerprint density at radius 2 is 2.15 bits per heavy atom. The van der Waals surface area contributed by atoms with E-state index in [9.17, 15) is 10.1 Å². The molecule has 0 saturated carbocycles. The van der Waals surface area contributed by atoms with E-state index in [0.717, 1.165) is 5.56 Å². The summed E-state index contributed by atoms with van der Waals surface area (Å²) in [5.74, 6) is -0.906. The summed E-state index contributed by atoms with van der Waals surface area (Å²) >= 11 is 0. The maximum atomic E-state index is 10.8. The summed E-state index contributed by atoms with van der Waals surface area (Å²) in [6.45, 7) is 3.80. The van der Waals surface area contributed by atoms with E-state index in [-0.39, 0.29) is 13.2 Å². The van der Waals surface area contributed by atoms with Crippen molar-refractivity contribution in [3.05, 3.63) is 56.5 Å². The highest BCUT2D eigenvalue weighted by Crippen LogP contribution is 2.35. The number of ether oxygens (including phenoxy) is 4. The third-order valence-electron chi connectivity index (χ3n) is 4.29. The molecule has 0 N–H and O–H groups in total. The zero-order chi connectivity index (χ0) is 19.4. The number of benzene rings is 1. The molecule has 1 aromatic rings. The van der Waals surface area contributed by atoms with Crippen molar-refractivity contribution in [2.75, 3.05) is 6.61 Å². The van der Waals surface area contributed by atoms with Crippen molar-refractivity contribution in [1.82, 2.24) is 0 Å². The second-order valence-corrected chi connectivity index (χ2v) is 6.62. The first-order chi connectivity index (χ1) is 12.9. The maximum absolute atomic E-state index is 10.8. The second-order valence-electron chi connectivity index (χ2n) is 6.62.